The summed E-state index contributed by atoms with van der Waals surface area (Å²) in [6.45, 7) is 1.94. The summed E-state index contributed by atoms with van der Waals surface area (Å²) in [5.74, 6) is 0. The third-order valence-electron chi connectivity index (χ3n) is 1.99. The fourth-order valence-electron chi connectivity index (χ4n) is 1.14. The van der Waals surface area contributed by atoms with Crippen molar-refractivity contribution in [1.82, 2.24) is 0 Å². The van der Waals surface area contributed by atoms with Crippen LogP contribution in [0.15, 0.2) is 18.2 Å². The van der Waals surface area contributed by atoms with Crippen molar-refractivity contribution >= 4 is 12.0 Å². The first kappa shape index (κ1) is 9.74. The quantitative estimate of drug-likeness (QED) is 0.527. The van der Waals surface area contributed by atoms with E-state index < -0.39 is 6.04 Å². The van der Waals surface area contributed by atoms with E-state index in [-0.39, 0.29) is 0 Å². The van der Waals surface area contributed by atoms with Crippen molar-refractivity contribution in [2.45, 2.75) is 19.4 Å². The van der Waals surface area contributed by atoms with Crippen molar-refractivity contribution in [3.8, 4) is 0 Å². The van der Waals surface area contributed by atoms with Gasteiger partial charge < -0.3 is 16.3 Å². The van der Waals surface area contributed by atoms with E-state index in [1.165, 1.54) is 0 Å². The number of aldehydes is 1. The Bertz CT molecular complexity index is 310. The van der Waals surface area contributed by atoms with Gasteiger partial charge in [-0.2, -0.15) is 0 Å². The minimum Gasteiger partial charge on any atom is -0.399 e. The van der Waals surface area contributed by atoms with Gasteiger partial charge in [-0.1, -0.05) is 12.1 Å². The zero-order chi connectivity index (χ0) is 9.84. The van der Waals surface area contributed by atoms with Gasteiger partial charge in [-0.05, 0) is 30.5 Å². The molecule has 0 aromatic heterocycles. The number of anilines is 1. The Labute approximate surface area is 77.7 Å². The molecule has 0 radical (unpaired) electrons. The average Bonchev–Trinajstić information content (AvgIpc) is 2.11. The van der Waals surface area contributed by atoms with Crippen LogP contribution in [0.5, 0.6) is 0 Å². The number of benzene rings is 1. The molecule has 0 amide bonds. The largest absolute Gasteiger partial charge is 0.399 e. The van der Waals surface area contributed by atoms with Crippen molar-refractivity contribution in [2.24, 2.45) is 5.73 Å². The highest BCUT2D eigenvalue weighted by Crippen LogP contribution is 2.13. The lowest BCUT2D eigenvalue weighted by Gasteiger charge is -2.06. The van der Waals surface area contributed by atoms with E-state index >= 15 is 0 Å². The molecule has 0 aliphatic carbocycles. The number of nitrogen functional groups attached to an aromatic ring is 1. The Hall–Kier alpha value is -1.35. The topological polar surface area (TPSA) is 69.1 Å². The van der Waals surface area contributed by atoms with Crippen molar-refractivity contribution < 1.29 is 4.79 Å². The first-order chi connectivity index (χ1) is 6.13. The van der Waals surface area contributed by atoms with E-state index in [4.69, 9.17) is 11.5 Å². The second kappa shape index (κ2) is 4.05. The van der Waals surface area contributed by atoms with Crippen LogP contribution in [-0.4, -0.2) is 12.3 Å². The van der Waals surface area contributed by atoms with Crippen LogP contribution in [0.1, 0.15) is 11.1 Å². The molecule has 0 bridgehead atoms. The van der Waals surface area contributed by atoms with Gasteiger partial charge in [-0.25, -0.2) is 0 Å². The number of hydrogen-bond donors (Lipinski definition) is 2. The highest BCUT2D eigenvalue weighted by molar-refractivity contribution is 5.58. The molecule has 4 N–H and O–H groups in total. The third kappa shape index (κ3) is 2.56. The van der Waals surface area contributed by atoms with Crippen molar-refractivity contribution in [3.05, 3.63) is 29.3 Å². The van der Waals surface area contributed by atoms with Crippen molar-refractivity contribution in [3.63, 3.8) is 0 Å². The molecule has 0 fully saturated rings. The maximum absolute atomic E-state index is 10.3. The molecule has 3 heteroatoms. The van der Waals surface area contributed by atoms with E-state index in [1.807, 2.05) is 25.1 Å². The molecule has 1 aromatic rings. The molecule has 0 aliphatic heterocycles. The minimum absolute atomic E-state index is 0.429. The summed E-state index contributed by atoms with van der Waals surface area (Å²) in [6, 6.07) is 5.30. The van der Waals surface area contributed by atoms with Crippen LogP contribution in [0.4, 0.5) is 5.69 Å². The highest BCUT2D eigenvalue weighted by Gasteiger charge is 2.02. The molecular weight excluding hydrogens is 164 g/mol. The summed E-state index contributed by atoms with van der Waals surface area (Å²) in [5, 5.41) is 0. The Kier molecular flexibility index (Phi) is 3.03. The van der Waals surface area contributed by atoms with Gasteiger partial charge in [0.15, 0.2) is 0 Å². The summed E-state index contributed by atoms with van der Waals surface area (Å²) in [6.07, 6.45) is 1.30. The summed E-state index contributed by atoms with van der Waals surface area (Å²) in [7, 11) is 0. The molecule has 0 saturated carbocycles. The monoisotopic (exact) mass is 178 g/mol. The normalized spacial score (nSPS) is 12.5. The van der Waals surface area contributed by atoms with E-state index in [1.54, 1.807) is 0 Å². The average molecular weight is 178 g/mol. The number of hydrogen-bond acceptors (Lipinski definition) is 3. The molecule has 0 spiro atoms. The lowest BCUT2D eigenvalue weighted by Crippen LogP contribution is -2.24. The fraction of sp³-hybridized carbons (Fsp3) is 0.300. The predicted octanol–water partition coefficient (Wildman–Crippen LogP) is 0.646. The standard InChI is InChI=1S/C10H14N2O/c1-7-2-3-8(5-10(7)12)4-9(11)6-13/h2-3,5-6,9H,4,11-12H2,1H3. The summed E-state index contributed by atoms with van der Waals surface area (Å²) >= 11 is 0. The second-order valence-electron chi connectivity index (χ2n) is 3.20. The first-order valence-electron chi connectivity index (χ1n) is 4.19. The smallest absolute Gasteiger partial charge is 0.137 e. The second-order valence-corrected chi connectivity index (χ2v) is 3.20. The Morgan fingerprint density at radius 1 is 1.54 bits per heavy atom. The zero-order valence-electron chi connectivity index (χ0n) is 7.66. The molecular formula is C10H14N2O. The zero-order valence-corrected chi connectivity index (χ0v) is 7.66. The third-order valence-corrected chi connectivity index (χ3v) is 1.99. The van der Waals surface area contributed by atoms with Gasteiger partial charge in [-0.3, -0.25) is 0 Å². The van der Waals surface area contributed by atoms with Crippen LogP contribution < -0.4 is 11.5 Å². The number of carbonyl (C=O) groups is 1. The molecule has 0 saturated heterocycles. The molecule has 0 aliphatic rings. The molecule has 3 nitrogen and oxygen atoms in total. The van der Waals surface area contributed by atoms with Crippen LogP contribution in [0.3, 0.4) is 0 Å². The van der Waals surface area contributed by atoms with Gasteiger partial charge >= 0.3 is 0 Å². The Morgan fingerprint density at radius 3 is 2.77 bits per heavy atom. The van der Waals surface area contributed by atoms with Crippen LogP contribution >= 0.6 is 0 Å². The summed E-state index contributed by atoms with van der Waals surface area (Å²) < 4.78 is 0. The predicted molar refractivity (Wildman–Crippen MR) is 53.3 cm³/mol. The maximum Gasteiger partial charge on any atom is 0.137 e. The number of rotatable bonds is 3. The van der Waals surface area contributed by atoms with Gasteiger partial charge in [-0.15, -0.1) is 0 Å². The molecule has 1 unspecified atom stereocenters. The van der Waals surface area contributed by atoms with Gasteiger partial charge in [0.25, 0.3) is 0 Å². The molecule has 70 valence electrons. The summed E-state index contributed by atoms with van der Waals surface area (Å²) in [4.78, 5) is 10.3. The van der Waals surface area contributed by atoms with E-state index in [0.717, 1.165) is 23.1 Å². The lowest BCUT2D eigenvalue weighted by molar-refractivity contribution is -0.108. The first-order valence-corrected chi connectivity index (χ1v) is 4.19. The molecule has 0 heterocycles. The molecule has 13 heavy (non-hydrogen) atoms. The lowest BCUT2D eigenvalue weighted by atomic mass is 10.0. The Morgan fingerprint density at radius 2 is 2.23 bits per heavy atom. The highest BCUT2D eigenvalue weighted by atomic mass is 16.1. The molecule has 1 atom stereocenters. The SMILES string of the molecule is Cc1ccc(CC(N)C=O)cc1N. The van der Waals surface area contributed by atoms with Crippen LogP contribution in [0.25, 0.3) is 0 Å². The number of carbonyl (C=O) groups excluding carboxylic acids is 1. The number of nitrogens with two attached hydrogens (primary N) is 2. The van der Waals surface area contributed by atoms with Gasteiger partial charge in [0.1, 0.15) is 6.29 Å². The van der Waals surface area contributed by atoms with Crippen molar-refractivity contribution in [1.29, 1.82) is 0 Å². The van der Waals surface area contributed by atoms with Gasteiger partial charge in [0.2, 0.25) is 0 Å². The van der Waals surface area contributed by atoms with Gasteiger partial charge in [0, 0.05) is 5.69 Å². The van der Waals surface area contributed by atoms with Crippen LogP contribution in [0.2, 0.25) is 0 Å². The summed E-state index contributed by atoms with van der Waals surface area (Å²) in [5.41, 5.74) is 14.0. The van der Waals surface area contributed by atoms with E-state index in [9.17, 15) is 4.79 Å². The van der Waals surface area contributed by atoms with Crippen molar-refractivity contribution in [2.75, 3.05) is 5.73 Å². The molecule has 1 aromatic carbocycles. The van der Waals surface area contributed by atoms with Crippen LogP contribution in [-0.2, 0) is 11.2 Å². The Balaban J connectivity index is 2.79. The van der Waals surface area contributed by atoms with Gasteiger partial charge in [0.05, 0.1) is 6.04 Å². The van der Waals surface area contributed by atoms with E-state index in [0.29, 0.717) is 6.42 Å². The maximum atomic E-state index is 10.3. The fourth-order valence-corrected chi connectivity index (χ4v) is 1.14. The van der Waals surface area contributed by atoms with E-state index in [2.05, 4.69) is 0 Å². The molecule has 1 rings (SSSR count). The van der Waals surface area contributed by atoms with Crippen LogP contribution in [0, 0.1) is 6.92 Å². The minimum atomic E-state index is -0.429. The number of aryl methyl sites for hydroxylation is 1.